The first-order valence-corrected chi connectivity index (χ1v) is 11.0. The second-order valence-corrected chi connectivity index (χ2v) is 8.39. The first kappa shape index (κ1) is 21.7. The lowest BCUT2D eigenvalue weighted by Gasteiger charge is -2.31. The zero-order chi connectivity index (χ0) is 23.8. The number of rotatable bonds is 4. The van der Waals surface area contributed by atoms with Gasteiger partial charge in [-0.1, -0.05) is 10.3 Å². The highest BCUT2D eigenvalue weighted by atomic mass is 19.1. The highest BCUT2D eigenvalue weighted by Gasteiger charge is 2.30. The highest BCUT2D eigenvalue weighted by molar-refractivity contribution is 6.07. The van der Waals surface area contributed by atoms with E-state index in [9.17, 15) is 14.0 Å². The van der Waals surface area contributed by atoms with Crippen molar-refractivity contribution < 1.29 is 23.0 Å². The Hall–Kier alpha value is -4.08. The van der Waals surface area contributed by atoms with E-state index in [1.54, 1.807) is 43.0 Å². The molecular formula is C24H22FN5O4. The standard InChI is InChI=1S/C24H22FN5O4/c1-13-11-20(29-33-13)27-22(31)16-7-9-30(10-8-16)24(32)18-12-19(15-3-5-17(25)6-4-15)26-23-21(18)14(2)28-34-23/h3-6,11-12,16H,7-10H2,1-2H3,(H,27,29,31). The fraction of sp³-hybridized carbons (Fsp3) is 0.292. The van der Waals surface area contributed by atoms with Gasteiger partial charge < -0.3 is 19.3 Å². The van der Waals surface area contributed by atoms with Crippen LogP contribution in [0, 0.1) is 25.6 Å². The van der Waals surface area contributed by atoms with Crippen molar-refractivity contribution in [3.05, 3.63) is 59.2 Å². The van der Waals surface area contributed by atoms with Gasteiger partial charge in [-0.25, -0.2) is 9.37 Å². The molecule has 0 unspecified atom stereocenters. The van der Waals surface area contributed by atoms with E-state index >= 15 is 0 Å². The molecule has 174 valence electrons. The van der Waals surface area contributed by atoms with Crippen molar-refractivity contribution in [2.75, 3.05) is 18.4 Å². The molecule has 5 rings (SSSR count). The molecule has 0 aliphatic carbocycles. The predicted octanol–water partition coefficient (Wildman–Crippen LogP) is 4.12. The van der Waals surface area contributed by atoms with Crippen molar-refractivity contribution in [2.45, 2.75) is 26.7 Å². The van der Waals surface area contributed by atoms with Gasteiger partial charge in [0.25, 0.3) is 11.6 Å². The Kier molecular flexibility index (Phi) is 5.56. The van der Waals surface area contributed by atoms with E-state index in [0.29, 0.717) is 65.4 Å². The molecule has 2 amide bonds. The van der Waals surface area contributed by atoms with Crippen LogP contribution in [-0.4, -0.2) is 45.1 Å². The third kappa shape index (κ3) is 4.14. The number of pyridine rings is 1. The maximum atomic E-state index is 13.5. The maximum absolute atomic E-state index is 13.5. The molecule has 0 saturated carbocycles. The molecule has 1 aliphatic rings. The molecule has 0 radical (unpaired) electrons. The first-order valence-electron chi connectivity index (χ1n) is 11.0. The van der Waals surface area contributed by atoms with Crippen LogP contribution in [0.2, 0.25) is 0 Å². The number of carbonyl (C=O) groups excluding carboxylic acids is 2. The van der Waals surface area contributed by atoms with Crippen molar-refractivity contribution in [1.82, 2.24) is 20.2 Å². The van der Waals surface area contributed by atoms with Crippen molar-refractivity contribution in [3.63, 3.8) is 0 Å². The van der Waals surface area contributed by atoms with Crippen LogP contribution in [0.15, 0.2) is 45.4 Å². The van der Waals surface area contributed by atoms with Crippen LogP contribution < -0.4 is 5.32 Å². The number of anilines is 1. The van der Waals surface area contributed by atoms with Crippen molar-refractivity contribution in [2.24, 2.45) is 5.92 Å². The summed E-state index contributed by atoms with van der Waals surface area (Å²) in [6.45, 7) is 4.36. The summed E-state index contributed by atoms with van der Waals surface area (Å²) < 4.78 is 23.7. The molecule has 0 atom stereocenters. The third-order valence-electron chi connectivity index (χ3n) is 6.02. The summed E-state index contributed by atoms with van der Waals surface area (Å²) >= 11 is 0. The quantitative estimate of drug-likeness (QED) is 0.484. The van der Waals surface area contributed by atoms with Crippen LogP contribution in [0.5, 0.6) is 0 Å². The summed E-state index contributed by atoms with van der Waals surface area (Å²) in [6.07, 6.45) is 1.05. The Morgan fingerprint density at radius 2 is 1.79 bits per heavy atom. The molecule has 9 nitrogen and oxygen atoms in total. The van der Waals surface area contributed by atoms with Crippen LogP contribution >= 0.6 is 0 Å². The number of nitrogens with one attached hydrogen (secondary N) is 1. The molecule has 1 fully saturated rings. The summed E-state index contributed by atoms with van der Waals surface area (Å²) in [5.41, 5.74) is 2.38. The van der Waals surface area contributed by atoms with Gasteiger partial charge in [-0.2, -0.15) is 0 Å². The predicted molar refractivity (Wildman–Crippen MR) is 120 cm³/mol. The topological polar surface area (TPSA) is 114 Å². The molecule has 4 heterocycles. The van der Waals surface area contributed by atoms with Crippen molar-refractivity contribution in [3.8, 4) is 11.3 Å². The summed E-state index contributed by atoms with van der Waals surface area (Å²) in [5.74, 6) is 0.0842. The Labute approximate surface area is 193 Å². The Bertz CT molecular complexity index is 1370. The number of halogens is 1. The van der Waals surface area contributed by atoms with E-state index in [-0.39, 0.29) is 29.3 Å². The summed E-state index contributed by atoms with van der Waals surface area (Å²) in [5, 5.41) is 11.1. The van der Waals surface area contributed by atoms with Crippen LogP contribution in [0.25, 0.3) is 22.4 Å². The lowest BCUT2D eigenvalue weighted by atomic mass is 9.95. The highest BCUT2D eigenvalue weighted by Crippen LogP contribution is 2.29. The fourth-order valence-electron chi connectivity index (χ4n) is 4.20. The van der Waals surface area contributed by atoms with Gasteiger partial charge in [-0.3, -0.25) is 9.59 Å². The van der Waals surface area contributed by atoms with Gasteiger partial charge in [-0.05, 0) is 57.0 Å². The number of aryl methyl sites for hydroxylation is 2. The summed E-state index contributed by atoms with van der Waals surface area (Å²) in [7, 11) is 0. The molecule has 1 N–H and O–H groups in total. The van der Waals surface area contributed by atoms with Crippen LogP contribution in [-0.2, 0) is 4.79 Å². The minimum absolute atomic E-state index is 0.139. The molecule has 34 heavy (non-hydrogen) atoms. The van der Waals surface area contributed by atoms with Gasteiger partial charge >= 0.3 is 0 Å². The van der Waals surface area contributed by atoms with Gasteiger partial charge in [0.1, 0.15) is 11.6 Å². The van der Waals surface area contributed by atoms with E-state index < -0.39 is 0 Å². The number of nitrogens with zero attached hydrogens (tertiary/aromatic N) is 4. The molecule has 1 saturated heterocycles. The Morgan fingerprint density at radius 3 is 2.47 bits per heavy atom. The molecule has 0 spiro atoms. The summed E-state index contributed by atoms with van der Waals surface area (Å²) in [4.78, 5) is 32.3. The normalized spacial score (nSPS) is 14.5. The minimum atomic E-state index is -0.359. The minimum Gasteiger partial charge on any atom is -0.360 e. The molecular weight excluding hydrogens is 441 g/mol. The van der Waals surface area contributed by atoms with Gasteiger partial charge in [-0.15, -0.1) is 0 Å². The fourth-order valence-corrected chi connectivity index (χ4v) is 4.20. The number of benzene rings is 1. The molecule has 1 aliphatic heterocycles. The van der Waals surface area contributed by atoms with Crippen LogP contribution in [0.3, 0.4) is 0 Å². The number of carbonyl (C=O) groups is 2. The zero-order valence-electron chi connectivity index (χ0n) is 18.7. The Morgan fingerprint density at radius 1 is 1.06 bits per heavy atom. The average molecular weight is 463 g/mol. The Balaban J connectivity index is 1.35. The van der Waals surface area contributed by atoms with Crippen molar-refractivity contribution >= 4 is 28.7 Å². The van der Waals surface area contributed by atoms with E-state index in [1.807, 2.05) is 0 Å². The number of hydrogen-bond acceptors (Lipinski definition) is 7. The molecule has 3 aromatic heterocycles. The van der Waals surface area contributed by atoms with E-state index in [0.717, 1.165) is 0 Å². The van der Waals surface area contributed by atoms with Crippen molar-refractivity contribution in [1.29, 1.82) is 0 Å². The lowest BCUT2D eigenvalue weighted by molar-refractivity contribution is -0.121. The van der Waals surface area contributed by atoms with Gasteiger partial charge in [0.2, 0.25) is 5.91 Å². The third-order valence-corrected chi connectivity index (χ3v) is 6.02. The monoisotopic (exact) mass is 463 g/mol. The average Bonchev–Trinajstić information content (AvgIpc) is 3.43. The molecule has 4 aromatic rings. The lowest BCUT2D eigenvalue weighted by Crippen LogP contribution is -2.41. The SMILES string of the molecule is Cc1cc(NC(=O)C2CCN(C(=O)c3cc(-c4ccc(F)cc4)nc4onc(C)c34)CC2)no1. The van der Waals surface area contributed by atoms with Crippen LogP contribution in [0.4, 0.5) is 10.2 Å². The number of aromatic nitrogens is 3. The second kappa shape index (κ2) is 8.69. The van der Waals surface area contributed by atoms with Gasteiger partial charge in [0.05, 0.1) is 22.3 Å². The number of amides is 2. The largest absolute Gasteiger partial charge is 0.360 e. The van der Waals surface area contributed by atoms with E-state index in [1.165, 1.54) is 12.1 Å². The molecule has 10 heteroatoms. The smallest absolute Gasteiger partial charge is 0.259 e. The maximum Gasteiger partial charge on any atom is 0.259 e. The number of likely N-dealkylation sites (tertiary alicyclic amines) is 1. The van der Waals surface area contributed by atoms with Gasteiger partial charge in [0, 0.05) is 30.6 Å². The number of hydrogen-bond donors (Lipinski definition) is 1. The van der Waals surface area contributed by atoms with E-state index in [4.69, 9.17) is 9.05 Å². The molecule has 0 bridgehead atoms. The molecule has 1 aromatic carbocycles. The first-order chi connectivity index (χ1) is 16.4. The number of fused-ring (bicyclic) bond motifs is 1. The van der Waals surface area contributed by atoms with Crippen LogP contribution in [0.1, 0.15) is 34.7 Å². The van der Waals surface area contributed by atoms with Gasteiger partial charge in [0.15, 0.2) is 5.82 Å². The second-order valence-electron chi connectivity index (χ2n) is 8.39. The zero-order valence-corrected chi connectivity index (χ0v) is 18.7. The summed E-state index contributed by atoms with van der Waals surface area (Å²) in [6, 6.07) is 9.22. The van der Waals surface area contributed by atoms with E-state index in [2.05, 4.69) is 20.6 Å². The number of piperidine rings is 1.